The number of esters is 1. The molecular formula is C13H16BrNO5. The number of hydrogen-bond acceptors (Lipinski definition) is 5. The van der Waals surface area contributed by atoms with Gasteiger partial charge in [-0.2, -0.15) is 0 Å². The van der Waals surface area contributed by atoms with Crippen LogP contribution in [-0.2, 0) is 14.2 Å². The molecule has 0 aliphatic heterocycles. The number of nitrogens with one attached hydrogen (secondary N) is 1. The van der Waals surface area contributed by atoms with Gasteiger partial charge in [0.05, 0.1) is 24.8 Å². The second-order valence-corrected chi connectivity index (χ2v) is 4.65. The summed E-state index contributed by atoms with van der Waals surface area (Å²) >= 11 is 3.27. The SMILES string of the molecule is COC(=O)c1ccc(Br)c(C(=O)NCC(OC)OC)c1. The lowest BCUT2D eigenvalue weighted by Gasteiger charge is -2.14. The molecule has 0 atom stereocenters. The lowest BCUT2D eigenvalue weighted by atomic mass is 10.1. The molecule has 0 aromatic heterocycles. The highest BCUT2D eigenvalue weighted by Gasteiger charge is 2.15. The van der Waals surface area contributed by atoms with E-state index < -0.39 is 12.3 Å². The quantitative estimate of drug-likeness (QED) is 0.625. The molecule has 0 bridgehead atoms. The van der Waals surface area contributed by atoms with Crippen molar-refractivity contribution in [3.8, 4) is 0 Å². The molecule has 0 aliphatic carbocycles. The van der Waals surface area contributed by atoms with Crippen molar-refractivity contribution < 1.29 is 23.8 Å². The maximum atomic E-state index is 12.1. The van der Waals surface area contributed by atoms with Crippen molar-refractivity contribution in [2.45, 2.75) is 6.29 Å². The standard InChI is InChI=1S/C13H16BrNO5/c1-18-11(19-2)7-15-12(16)9-6-8(13(17)20-3)4-5-10(9)14/h4-6,11H,7H2,1-3H3,(H,15,16). The number of carbonyl (C=O) groups is 2. The zero-order chi connectivity index (χ0) is 15.1. The summed E-state index contributed by atoms with van der Waals surface area (Å²) in [6.45, 7) is 0.195. The van der Waals surface area contributed by atoms with Crippen LogP contribution < -0.4 is 5.32 Å². The Morgan fingerprint density at radius 1 is 1.25 bits per heavy atom. The minimum atomic E-state index is -0.526. The van der Waals surface area contributed by atoms with Gasteiger partial charge in [0.25, 0.3) is 5.91 Å². The third-order valence-electron chi connectivity index (χ3n) is 2.59. The summed E-state index contributed by atoms with van der Waals surface area (Å²) in [5, 5.41) is 2.65. The van der Waals surface area contributed by atoms with Crippen molar-refractivity contribution in [1.82, 2.24) is 5.32 Å². The molecule has 110 valence electrons. The Morgan fingerprint density at radius 3 is 2.45 bits per heavy atom. The molecule has 0 heterocycles. The Bertz CT molecular complexity index is 488. The Labute approximate surface area is 125 Å². The molecule has 1 amide bonds. The van der Waals surface area contributed by atoms with Crippen molar-refractivity contribution in [3.63, 3.8) is 0 Å². The number of amides is 1. The molecule has 0 saturated carbocycles. The Kier molecular flexibility index (Phi) is 6.63. The average Bonchev–Trinajstić information content (AvgIpc) is 2.47. The zero-order valence-corrected chi connectivity index (χ0v) is 13.0. The lowest BCUT2D eigenvalue weighted by Crippen LogP contribution is -2.34. The van der Waals surface area contributed by atoms with Gasteiger partial charge in [-0.3, -0.25) is 4.79 Å². The molecule has 20 heavy (non-hydrogen) atoms. The highest BCUT2D eigenvalue weighted by atomic mass is 79.9. The fourth-order valence-corrected chi connectivity index (χ4v) is 1.90. The van der Waals surface area contributed by atoms with E-state index in [1.54, 1.807) is 12.1 Å². The highest BCUT2D eigenvalue weighted by molar-refractivity contribution is 9.10. The van der Waals surface area contributed by atoms with Gasteiger partial charge < -0.3 is 19.5 Å². The van der Waals surface area contributed by atoms with E-state index in [0.717, 1.165) is 0 Å². The van der Waals surface area contributed by atoms with Gasteiger partial charge in [-0.1, -0.05) is 0 Å². The van der Waals surface area contributed by atoms with Crippen LogP contribution in [0.2, 0.25) is 0 Å². The second kappa shape index (κ2) is 7.98. The van der Waals surface area contributed by atoms with E-state index in [1.165, 1.54) is 27.4 Å². The molecule has 6 nitrogen and oxygen atoms in total. The zero-order valence-electron chi connectivity index (χ0n) is 11.4. The smallest absolute Gasteiger partial charge is 0.337 e. The van der Waals surface area contributed by atoms with E-state index in [-0.39, 0.29) is 12.5 Å². The Morgan fingerprint density at radius 2 is 1.90 bits per heavy atom. The summed E-state index contributed by atoms with van der Waals surface area (Å²) in [6, 6.07) is 4.64. The second-order valence-electron chi connectivity index (χ2n) is 3.80. The van der Waals surface area contributed by atoms with Gasteiger partial charge in [-0.15, -0.1) is 0 Å². The normalized spacial score (nSPS) is 10.4. The first-order valence-electron chi connectivity index (χ1n) is 5.75. The monoisotopic (exact) mass is 345 g/mol. The third kappa shape index (κ3) is 4.29. The number of benzene rings is 1. The summed E-state index contributed by atoms with van der Waals surface area (Å²) in [5.41, 5.74) is 0.634. The predicted molar refractivity (Wildman–Crippen MR) is 75.6 cm³/mol. The molecule has 7 heteroatoms. The number of halogens is 1. The molecule has 0 fully saturated rings. The highest BCUT2D eigenvalue weighted by Crippen LogP contribution is 2.19. The average molecular weight is 346 g/mol. The van der Waals surface area contributed by atoms with E-state index in [2.05, 4.69) is 26.0 Å². The third-order valence-corrected chi connectivity index (χ3v) is 3.28. The van der Waals surface area contributed by atoms with Crippen LogP contribution >= 0.6 is 15.9 Å². The number of hydrogen-bond donors (Lipinski definition) is 1. The molecule has 0 unspecified atom stereocenters. The van der Waals surface area contributed by atoms with Gasteiger partial charge in [-0.25, -0.2) is 4.79 Å². The van der Waals surface area contributed by atoms with Crippen molar-refractivity contribution in [1.29, 1.82) is 0 Å². The largest absolute Gasteiger partial charge is 0.465 e. The van der Waals surface area contributed by atoms with Gasteiger partial charge in [-0.05, 0) is 34.1 Å². The minimum Gasteiger partial charge on any atom is -0.465 e. The lowest BCUT2D eigenvalue weighted by molar-refractivity contribution is -0.0974. The first-order valence-corrected chi connectivity index (χ1v) is 6.54. The van der Waals surface area contributed by atoms with Crippen LogP contribution in [-0.4, -0.2) is 46.0 Å². The molecule has 1 aromatic rings. The van der Waals surface area contributed by atoms with Crippen LogP contribution in [0.15, 0.2) is 22.7 Å². The first-order chi connectivity index (χ1) is 9.53. The van der Waals surface area contributed by atoms with Crippen LogP contribution in [0.4, 0.5) is 0 Å². The van der Waals surface area contributed by atoms with Crippen molar-refractivity contribution in [2.24, 2.45) is 0 Å². The maximum absolute atomic E-state index is 12.1. The fourth-order valence-electron chi connectivity index (χ4n) is 1.48. The van der Waals surface area contributed by atoms with Crippen molar-refractivity contribution in [3.05, 3.63) is 33.8 Å². The van der Waals surface area contributed by atoms with E-state index in [0.29, 0.717) is 15.6 Å². The number of carbonyl (C=O) groups excluding carboxylic acids is 2. The van der Waals surface area contributed by atoms with Gasteiger partial charge >= 0.3 is 5.97 Å². The van der Waals surface area contributed by atoms with Crippen LogP contribution in [0.5, 0.6) is 0 Å². The fraction of sp³-hybridized carbons (Fsp3) is 0.385. The summed E-state index contributed by atoms with van der Waals surface area (Å²) in [4.78, 5) is 23.5. The molecule has 0 saturated heterocycles. The van der Waals surface area contributed by atoms with Gasteiger partial charge in [0, 0.05) is 18.7 Å². The van der Waals surface area contributed by atoms with E-state index in [4.69, 9.17) is 9.47 Å². The number of rotatable bonds is 6. The molecule has 0 aliphatic rings. The predicted octanol–water partition coefficient (Wildman–Crippen LogP) is 1.58. The molecular weight excluding hydrogens is 330 g/mol. The first kappa shape index (κ1) is 16.6. The van der Waals surface area contributed by atoms with Crippen LogP contribution in [0, 0.1) is 0 Å². The summed E-state index contributed by atoms with van der Waals surface area (Å²) < 4.78 is 15.1. The summed E-state index contributed by atoms with van der Waals surface area (Å²) in [6.07, 6.45) is -0.526. The minimum absolute atomic E-state index is 0.195. The van der Waals surface area contributed by atoms with E-state index in [9.17, 15) is 9.59 Å². The van der Waals surface area contributed by atoms with Crippen LogP contribution in [0.25, 0.3) is 0 Å². The molecule has 1 aromatic carbocycles. The molecule has 0 radical (unpaired) electrons. The molecule has 1 rings (SSSR count). The van der Waals surface area contributed by atoms with E-state index >= 15 is 0 Å². The van der Waals surface area contributed by atoms with Crippen LogP contribution in [0.3, 0.4) is 0 Å². The summed E-state index contributed by atoms with van der Waals surface area (Å²) in [5.74, 6) is -0.847. The van der Waals surface area contributed by atoms with Gasteiger partial charge in [0.15, 0.2) is 6.29 Å². The van der Waals surface area contributed by atoms with E-state index in [1.807, 2.05) is 0 Å². The molecule has 1 N–H and O–H groups in total. The maximum Gasteiger partial charge on any atom is 0.337 e. The summed E-state index contributed by atoms with van der Waals surface area (Å²) in [7, 11) is 4.24. The van der Waals surface area contributed by atoms with Gasteiger partial charge in [0.1, 0.15) is 0 Å². The number of methoxy groups -OCH3 is 3. The van der Waals surface area contributed by atoms with Crippen molar-refractivity contribution >= 4 is 27.8 Å². The topological polar surface area (TPSA) is 73.9 Å². The van der Waals surface area contributed by atoms with Crippen LogP contribution in [0.1, 0.15) is 20.7 Å². The Hall–Kier alpha value is -1.44. The Balaban J connectivity index is 2.84. The number of ether oxygens (including phenoxy) is 3. The van der Waals surface area contributed by atoms with Gasteiger partial charge in [0.2, 0.25) is 0 Å². The molecule has 0 spiro atoms. The van der Waals surface area contributed by atoms with Crippen molar-refractivity contribution in [2.75, 3.05) is 27.9 Å².